The third-order valence-corrected chi connectivity index (χ3v) is 3.30. The maximum absolute atomic E-state index is 12.5. The predicted octanol–water partition coefficient (Wildman–Crippen LogP) is 3.11. The number of para-hydroxylation sites is 2. The molecule has 0 atom stereocenters. The number of ether oxygens (including phenoxy) is 1. The molecule has 2 N–H and O–H groups in total. The zero-order chi connectivity index (χ0) is 16.5. The number of hydrogen-bond acceptors (Lipinski definition) is 3. The molecule has 0 aliphatic carbocycles. The minimum Gasteiger partial charge on any atom is -0.492 e. The van der Waals surface area contributed by atoms with Gasteiger partial charge in [0.15, 0.2) is 0 Å². The first-order valence-corrected chi connectivity index (χ1v) is 7.67. The zero-order valence-corrected chi connectivity index (χ0v) is 13.2. The molecule has 0 unspecified atom stereocenters. The lowest BCUT2D eigenvalue weighted by Crippen LogP contribution is -2.36. The Kier molecular flexibility index (Phi) is 6.44. The summed E-state index contributed by atoms with van der Waals surface area (Å²) in [6.45, 7) is 3.03. The van der Waals surface area contributed by atoms with Crippen molar-refractivity contribution in [2.75, 3.05) is 25.1 Å². The Morgan fingerprint density at radius 1 is 1.13 bits per heavy atom. The predicted molar refractivity (Wildman–Crippen MR) is 90.6 cm³/mol. The standard InChI is InChI=1S/C18H22N2O3/c1-2-23-17-11-7-6-10-16(17)19-18(22)20(12-13-21)14-15-8-4-3-5-9-15/h3-11,21H,2,12-14H2,1H3,(H,19,22). The second-order valence-electron chi connectivity index (χ2n) is 4.99. The third kappa shape index (κ3) is 5.00. The molecule has 2 amide bonds. The molecular weight excluding hydrogens is 292 g/mol. The van der Waals surface area contributed by atoms with Crippen molar-refractivity contribution in [2.24, 2.45) is 0 Å². The van der Waals surface area contributed by atoms with E-state index in [9.17, 15) is 9.90 Å². The highest BCUT2D eigenvalue weighted by molar-refractivity contribution is 5.91. The van der Waals surface area contributed by atoms with Crippen LogP contribution in [-0.4, -0.2) is 35.8 Å². The smallest absolute Gasteiger partial charge is 0.322 e. The molecule has 2 rings (SSSR count). The van der Waals surface area contributed by atoms with Gasteiger partial charge in [0.1, 0.15) is 5.75 Å². The van der Waals surface area contributed by atoms with E-state index >= 15 is 0 Å². The van der Waals surface area contributed by atoms with E-state index in [4.69, 9.17) is 4.74 Å². The molecule has 0 fully saturated rings. The molecule has 5 nitrogen and oxygen atoms in total. The Bertz CT molecular complexity index is 617. The molecule has 0 aliphatic heterocycles. The Hall–Kier alpha value is -2.53. The van der Waals surface area contributed by atoms with Crippen LogP contribution in [0.25, 0.3) is 0 Å². The van der Waals surface area contributed by atoms with Crippen molar-refractivity contribution in [3.63, 3.8) is 0 Å². The van der Waals surface area contributed by atoms with Crippen LogP contribution < -0.4 is 10.1 Å². The van der Waals surface area contributed by atoms with Gasteiger partial charge in [-0.1, -0.05) is 42.5 Å². The van der Waals surface area contributed by atoms with Crippen LogP contribution in [0.2, 0.25) is 0 Å². The maximum Gasteiger partial charge on any atom is 0.322 e. The molecule has 23 heavy (non-hydrogen) atoms. The molecule has 5 heteroatoms. The minimum atomic E-state index is -0.268. The molecule has 2 aromatic carbocycles. The van der Waals surface area contributed by atoms with Gasteiger partial charge in [-0.15, -0.1) is 0 Å². The molecule has 122 valence electrons. The zero-order valence-electron chi connectivity index (χ0n) is 13.2. The van der Waals surface area contributed by atoms with E-state index in [1.165, 1.54) is 0 Å². The summed E-state index contributed by atoms with van der Waals surface area (Å²) in [5, 5.41) is 12.1. The van der Waals surface area contributed by atoms with Gasteiger partial charge >= 0.3 is 6.03 Å². The van der Waals surface area contributed by atoms with Crippen LogP contribution in [0.15, 0.2) is 54.6 Å². The van der Waals surface area contributed by atoms with E-state index in [2.05, 4.69) is 5.32 Å². The number of nitrogens with one attached hydrogen (secondary N) is 1. The number of benzene rings is 2. The summed E-state index contributed by atoms with van der Waals surface area (Å²) < 4.78 is 5.51. The summed E-state index contributed by atoms with van der Waals surface area (Å²) >= 11 is 0. The molecule has 0 aliphatic rings. The van der Waals surface area contributed by atoms with Gasteiger partial charge in [0.25, 0.3) is 0 Å². The Labute approximate surface area is 136 Å². The topological polar surface area (TPSA) is 61.8 Å². The van der Waals surface area contributed by atoms with Crippen LogP contribution in [0.1, 0.15) is 12.5 Å². The number of aliphatic hydroxyl groups excluding tert-OH is 1. The van der Waals surface area contributed by atoms with Crippen molar-refractivity contribution in [1.29, 1.82) is 0 Å². The lowest BCUT2D eigenvalue weighted by Gasteiger charge is -2.23. The Morgan fingerprint density at radius 3 is 2.52 bits per heavy atom. The van der Waals surface area contributed by atoms with Crippen molar-refractivity contribution >= 4 is 11.7 Å². The summed E-state index contributed by atoms with van der Waals surface area (Å²) in [5.41, 5.74) is 1.63. The molecule has 0 spiro atoms. The van der Waals surface area contributed by atoms with E-state index in [0.717, 1.165) is 5.56 Å². The average Bonchev–Trinajstić information content (AvgIpc) is 2.57. The fraction of sp³-hybridized carbons (Fsp3) is 0.278. The fourth-order valence-electron chi connectivity index (χ4n) is 2.22. The van der Waals surface area contributed by atoms with Gasteiger partial charge in [0.2, 0.25) is 0 Å². The normalized spacial score (nSPS) is 10.2. The van der Waals surface area contributed by atoms with Gasteiger partial charge in [0.05, 0.1) is 18.9 Å². The van der Waals surface area contributed by atoms with Gasteiger partial charge in [-0.05, 0) is 24.6 Å². The quantitative estimate of drug-likeness (QED) is 0.825. The molecule has 0 radical (unpaired) electrons. The first kappa shape index (κ1) is 16.8. The van der Waals surface area contributed by atoms with Crippen molar-refractivity contribution in [3.8, 4) is 5.75 Å². The Morgan fingerprint density at radius 2 is 1.83 bits per heavy atom. The summed E-state index contributed by atoms with van der Waals surface area (Å²) in [7, 11) is 0. The van der Waals surface area contributed by atoms with Gasteiger partial charge in [0, 0.05) is 13.1 Å². The number of carbonyl (C=O) groups is 1. The largest absolute Gasteiger partial charge is 0.492 e. The summed E-state index contributed by atoms with van der Waals surface area (Å²) in [6.07, 6.45) is 0. The summed E-state index contributed by atoms with van der Waals surface area (Å²) in [5.74, 6) is 0.631. The number of amides is 2. The number of anilines is 1. The lowest BCUT2D eigenvalue weighted by atomic mass is 10.2. The number of hydrogen-bond donors (Lipinski definition) is 2. The number of aliphatic hydroxyl groups is 1. The summed E-state index contributed by atoms with van der Waals surface area (Å²) in [4.78, 5) is 14.1. The van der Waals surface area contributed by atoms with E-state index in [1.54, 1.807) is 11.0 Å². The highest BCUT2D eigenvalue weighted by atomic mass is 16.5. The van der Waals surface area contributed by atoms with Crippen LogP contribution in [0.4, 0.5) is 10.5 Å². The van der Waals surface area contributed by atoms with Crippen LogP contribution in [0.5, 0.6) is 5.75 Å². The van der Waals surface area contributed by atoms with Crippen molar-refractivity contribution in [1.82, 2.24) is 4.90 Å². The number of nitrogens with zero attached hydrogens (tertiary/aromatic N) is 1. The monoisotopic (exact) mass is 314 g/mol. The summed E-state index contributed by atoms with van der Waals surface area (Å²) in [6, 6.07) is 16.7. The average molecular weight is 314 g/mol. The molecule has 2 aromatic rings. The van der Waals surface area contributed by atoms with E-state index in [0.29, 0.717) is 24.6 Å². The fourth-order valence-corrected chi connectivity index (χ4v) is 2.22. The van der Waals surface area contributed by atoms with E-state index in [1.807, 2.05) is 55.5 Å². The number of urea groups is 1. The van der Waals surface area contributed by atoms with Gasteiger partial charge in [-0.2, -0.15) is 0 Å². The first-order valence-electron chi connectivity index (χ1n) is 7.67. The van der Waals surface area contributed by atoms with Gasteiger partial charge in [-0.25, -0.2) is 4.79 Å². The van der Waals surface area contributed by atoms with Crippen molar-refractivity contribution in [2.45, 2.75) is 13.5 Å². The second kappa shape index (κ2) is 8.80. The Balaban J connectivity index is 2.09. The molecular formula is C18H22N2O3. The SMILES string of the molecule is CCOc1ccccc1NC(=O)N(CCO)Cc1ccccc1. The van der Waals surface area contributed by atoms with E-state index in [-0.39, 0.29) is 19.2 Å². The molecule has 0 saturated carbocycles. The highest BCUT2D eigenvalue weighted by Gasteiger charge is 2.15. The van der Waals surface area contributed by atoms with Gasteiger partial charge < -0.3 is 20.1 Å². The highest BCUT2D eigenvalue weighted by Crippen LogP contribution is 2.24. The lowest BCUT2D eigenvalue weighted by molar-refractivity contribution is 0.185. The van der Waals surface area contributed by atoms with Crippen LogP contribution in [-0.2, 0) is 6.54 Å². The number of carbonyl (C=O) groups excluding carboxylic acids is 1. The number of rotatable bonds is 7. The third-order valence-electron chi connectivity index (χ3n) is 3.30. The van der Waals surface area contributed by atoms with Crippen LogP contribution in [0.3, 0.4) is 0 Å². The minimum absolute atomic E-state index is 0.0899. The van der Waals surface area contributed by atoms with Gasteiger partial charge in [-0.3, -0.25) is 0 Å². The molecule has 0 heterocycles. The second-order valence-corrected chi connectivity index (χ2v) is 4.99. The molecule has 0 bridgehead atoms. The van der Waals surface area contributed by atoms with Crippen molar-refractivity contribution in [3.05, 3.63) is 60.2 Å². The first-order chi connectivity index (χ1) is 11.2. The van der Waals surface area contributed by atoms with E-state index < -0.39 is 0 Å². The van der Waals surface area contributed by atoms with Crippen LogP contribution in [0, 0.1) is 0 Å². The van der Waals surface area contributed by atoms with Crippen LogP contribution >= 0.6 is 0 Å². The van der Waals surface area contributed by atoms with Crippen molar-refractivity contribution < 1.29 is 14.6 Å². The molecule has 0 saturated heterocycles. The molecule has 0 aromatic heterocycles. The maximum atomic E-state index is 12.5.